The number of nitrogens with zero attached hydrogens (tertiary/aromatic N) is 4. The molecule has 0 spiro atoms. The van der Waals surface area contributed by atoms with Crippen molar-refractivity contribution >= 4 is 41.6 Å². The minimum absolute atomic E-state index is 0.0284. The molecule has 3 aromatic rings. The number of benzene rings is 2. The van der Waals surface area contributed by atoms with E-state index in [1.54, 1.807) is 24.3 Å². The van der Waals surface area contributed by atoms with Gasteiger partial charge in [-0.05, 0) is 53.5 Å². The molecule has 2 atom stereocenters. The Morgan fingerprint density at radius 2 is 1.83 bits per heavy atom. The Balaban J connectivity index is 1.61. The lowest BCUT2D eigenvalue weighted by atomic mass is 9.75. The Kier molecular flexibility index (Phi) is 9.44. The van der Waals surface area contributed by atoms with Gasteiger partial charge in [0.25, 0.3) is 5.91 Å². The smallest absolute Gasteiger partial charge is 0.411 e. The Hall–Kier alpha value is -5.05. The molecule has 0 radical (unpaired) electrons. The van der Waals surface area contributed by atoms with Crippen molar-refractivity contribution in [2.24, 2.45) is 16.1 Å². The number of aromatic nitrogens is 2. The molecule has 1 saturated carbocycles. The summed E-state index contributed by atoms with van der Waals surface area (Å²) in [4.78, 5) is 57.6. The number of nitrogens with two attached hydrogens (primary N) is 1. The lowest BCUT2D eigenvalue weighted by molar-refractivity contribution is -0.135. The average molecular weight is 686 g/mol. The molecule has 0 unspecified atom stereocenters. The number of ether oxygens (including phenoxy) is 1. The van der Waals surface area contributed by atoms with Crippen LogP contribution in [0.5, 0.6) is 0 Å². The molecule has 1 aromatic heterocycles. The monoisotopic (exact) mass is 685 g/mol. The van der Waals surface area contributed by atoms with Gasteiger partial charge >= 0.3 is 18.7 Å². The number of primary amides is 1. The summed E-state index contributed by atoms with van der Waals surface area (Å²) in [7, 11) is 0. The summed E-state index contributed by atoms with van der Waals surface area (Å²) in [6.45, 7) is 2.39. The predicted octanol–water partition coefficient (Wildman–Crippen LogP) is 5.42. The van der Waals surface area contributed by atoms with Gasteiger partial charge in [0.2, 0.25) is 11.9 Å². The second-order valence-corrected chi connectivity index (χ2v) is 13.2. The summed E-state index contributed by atoms with van der Waals surface area (Å²) in [6, 6.07) is 9.52. The second kappa shape index (κ2) is 13.2. The molecule has 2 aromatic carbocycles. The molecule has 48 heavy (non-hydrogen) atoms. The molecule has 2 heterocycles. The Morgan fingerprint density at radius 3 is 2.40 bits per heavy atom. The van der Waals surface area contributed by atoms with Gasteiger partial charge in [-0.1, -0.05) is 62.7 Å². The minimum Gasteiger partial charge on any atom is -0.465 e. The van der Waals surface area contributed by atoms with Crippen molar-refractivity contribution in [3.63, 3.8) is 0 Å². The highest BCUT2D eigenvalue weighted by atomic mass is 35.5. The van der Waals surface area contributed by atoms with Crippen molar-refractivity contribution in [3.8, 4) is 11.1 Å². The summed E-state index contributed by atoms with van der Waals surface area (Å²) < 4.78 is 32.3. The quantitative estimate of drug-likeness (QED) is 0.220. The third-order valence-corrected chi connectivity index (χ3v) is 8.15. The second-order valence-electron chi connectivity index (χ2n) is 12.8. The van der Waals surface area contributed by atoms with Crippen LogP contribution in [0.1, 0.15) is 74.1 Å². The number of carbonyl (C=O) groups excluding carboxylic acids is 3. The Labute approximate surface area is 279 Å². The van der Waals surface area contributed by atoms with Crippen LogP contribution >= 0.6 is 11.6 Å². The number of alkyl halides is 2. The molecule has 0 bridgehead atoms. The fraction of sp³-hybridized carbons (Fsp3) is 0.375. The Bertz CT molecular complexity index is 1770. The topological polar surface area (TPSA) is 181 Å². The van der Waals surface area contributed by atoms with E-state index in [1.165, 1.54) is 30.6 Å². The first kappa shape index (κ1) is 34.3. The number of carbonyl (C=O) groups is 4. The number of amides is 4. The summed E-state index contributed by atoms with van der Waals surface area (Å²) in [5, 5.41) is 18.5. The third kappa shape index (κ3) is 7.40. The number of carboxylic acid groups (broad SMARTS) is 1. The Morgan fingerprint density at radius 1 is 1.15 bits per heavy atom. The van der Waals surface area contributed by atoms with Crippen molar-refractivity contribution in [1.82, 2.24) is 25.3 Å². The first-order chi connectivity index (χ1) is 22.6. The number of halogens is 3. The zero-order valence-electron chi connectivity index (χ0n) is 26.2. The first-order valence-electron chi connectivity index (χ1n) is 15.0. The lowest BCUT2D eigenvalue weighted by Crippen LogP contribution is -2.49. The van der Waals surface area contributed by atoms with Gasteiger partial charge in [-0.3, -0.25) is 19.8 Å². The van der Waals surface area contributed by atoms with E-state index in [0.717, 1.165) is 17.7 Å². The summed E-state index contributed by atoms with van der Waals surface area (Å²) in [5.41, 5.74) is 4.86. The van der Waals surface area contributed by atoms with E-state index < -0.39 is 54.2 Å². The van der Waals surface area contributed by atoms with Crippen molar-refractivity contribution < 1.29 is 37.8 Å². The van der Waals surface area contributed by atoms with Gasteiger partial charge in [0.15, 0.2) is 5.54 Å². The molecular weight excluding hydrogens is 652 g/mol. The highest BCUT2D eigenvalue weighted by Crippen LogP contribution is 2.45. The molecule has 1 fully saturated rings. The van der Waals surface area contributed by atoms with Crippen molar-refractivity contribution in [2.45, 2.75) is 64.2 Å². The van der Waals surface area contributed by atoms with Crippen LogP contribution in [0.25, 0.3) is 11.1 Å². The van der Waals surface area contributed by atoms with Gasteiger partial charge in [0.1, 0.15) is 6.61 Å². The van der Waals surface area contributed by atoms with Crippen LogP contribution in [0.4, 0.5) is 18.4 Å². The van der Waals surface area contributed by atoms with Gasteiger partial charge in [0, 0.05) is 17.8 Å². The van der Waals surface area contributed by atoms with Gasteiger partial charge in [-0.25, -0.2) is 19.3 Å². The molecule has 2 aliphatic rings. The van der Waals surface area contributed by atoms with Crippen LogP contribution in [-0.4, -0.2) is 62.4 Å². The number of aliphatic imine (C=N–C) groups is 1. The number of nitrogens with one attached hydrogen (secondary N) is 2. The number of hydrogen-bond acceptors (Lipinski definition) is 7. The molecule has 0 saturated heterocycles. The third-order valence-electron chi connectivity index (χ3n) is 7.82. The van der Waals surface area contributed by atoms with Crippen LogP contribution in [0.2, 0.25) is 5.02 Å². The average Bonchev–Trinajstić information content (AvgIpc) is 3.59. The fourth-order valence-electron chi connectivity index (χ4n) is 5.61. The molecule has 4 amide bonds. The molecule has 254 valence electrons. The molecule has 1 aliphatic heterocycles. The van der Waals surface area contributed by atoms with Crippen LogP contribution in [0.15, 0.2) is 59.9 Å². The standard InChI is InChI=1S/C32H34ClF2N7O6/c1-31(2,3)16-32(20-7-4-17(5-8-20)19-13-37-41(14-19)27(34)35)26(44)42(28(40-32)39-29(45)46)24(15-48-30(47)38-21-9-10-21)18-6-11-23(33)22(12-18)25(36)43/h4-8,11-14,21,24,27H,9-10,15-16H2,1-3H3,(H2,36,43)(H,38,47)(H,39,40)(H,45,46)/t24-,32-/m1/s1. The first-order valence-corrected chi connectivity index (χ1v) is 15.3. The fourth-order valence-corrected chi connectivity index (χ4v) is 5.82. The number of guanidine groups is 1. The maximum atomic E-state index is 14.9. The predicted molar refractivity (Wildman–Crippen MR) is 170 cm³/mol. The molecule has 13 nitrogen and oxygen atoms in total. The van der Waals surface area contributed by atoms with E-state index >= 15 is 0 Å². The van der Waals surface area contributed by atoms with E-state index in [1.807, 2.05) is 20.8 Å². The molecule has 16 heteroatoms. The SMILES string of the molecule is CC(C)(C)C[C@]1(c2ccc(-c3cnn(C(F)F)c3)cc2)N=C(NC(=O)O)N([C@H](COC(=O)NC2CC2)c2ccc(Cl)c(C(N)=O)c2)C1=O. The maximum Gasteiger partial charge on any atom is 0.411 e. The van der Waals surface area contributed by atoms with Crippen LogP contribution in [0.3, 0.4) is 0 Å². The molecular formula is C32H34ClF2N7O6. The summed E-state index contributed by atoms with van der Waals surface area (Å²) in [5.74, 6) is -1.84. The highest BCUT2D eigenvalue weighted by molar-refractivity contribution is 6.33. The van der Waals surface area contributed by atoms with E-state index in [0.29, 0.717) is 21.4 Å². The van der Waals surface area contributed by atoms with Crippen molar-refractivity contribution in [2.75, 3.05) is 6.61 Å². The molecule has 1 aliphatic carbocycles. The molecule has 5 rings (SSSR count). The highest BCUT2D eigenvalue weighted by Gasteiger charge is 2.54. The van der Waals surface area contributed by atoms with E-state index in [-0.39, 0.29) is 34.6 Å². The van der Waals surface area contributed by atoms with E-state index in [9.17, 15) is 33.1 Å². The van der Waals surface area contributed by atoms with Gasteiger partial charge in [-0.2, -0.15) is 13.9 Å². The number of rotatable bonds is 10. The maximum absolute atomic E-state index is 14.9. The van der Waals surface area contributed by atoms with Crippen LogP contribution < -0.4 is 16.4 Å². The zero-order valence-corrected chi connectivity index (χ0v) is 27.0. The minimum atomic E-state index is -2.82. The zero-order chi connectivity index (χ0) is 35.0. The van der Waals surface area contributed by atoms with Crippen LogP contribution in [0, 0.1) is 5.41 Å². The summed E-state index contributed by atoms with van der Waals surface area (Å²) in [6.07, 6.45) is 1.92. The van der Waals surface area contributed by atoms with Gasteiger partial charge in [-0.15, -0.1) is 0 Å². The van der Waals surface area contributed by atoms with Gasteiger partial charge in [0.05, 0.1) is 22.8 Å². The van der Waals surface area contributed by atoms with E-state index in [4.69, 9.17) is 27.1 Å². The normalized spacial score (nSPS) is 18.4. The van der Waals surface area contributed by atoms with Crippen molar-refractivity contribution in [3.05, 3.63) is 76.6 Å². The van der Waals surface area contributed by atoms with Crippen LogP contribution in [-0.2, 0) is 15.1 Å². The van der Waals surface area contributed by atoms with Crippen molar-refractivity contribution in [1.29, 1.82) is 0 Å². The number of alkyl carbamates (subject to hydrolysis) is 1. The van der Waals surface area contributed by atoms with E-state index in [2.05, 4.69) is 15.7 Å². The lowest BCUT2D eigenvalue weighted by Gasteiger charge is -2.35. The number of hydrogen-bond donors (Lipinski definition) is 4. The molecule has 5 N–H and O–H groups in total. The largest absolute Gasteiger partial charge is 0.465 e. The summed E-state index contributed by atoms with van der Waals surface area (Å²) >= 11 is 6.21. The van der Waals surface area contributed by atoms with Gasteiger partial charge < -0.3 is 20.9 Å².